The Hall–Kier alpha value is -3.22. The highest BCUT2D eigenvalue weighted by Crippen LogP contribution is 2.19. The zero-order valence-electron chi connectivity index (χ0n) is 11.8. The summed E-state index contributed by atoms with van der Waals surface area (Å²) >= 11 is 0. The van der Waals surface area contributed by atoms with Gasteiger partial charge in [-0.1, -0.05) is 23.4 Å². The maximum absolute atomic E-state index is 5.10. The van der Waals surface area contributed by atoms with Crippen LogP contribution in [0.5, 0.6) is 0 Å². The summed E-state index contributed by atoms with van der Waals surface area (Å²) in [4.78, 5) is 8.76. The van der Waals surface area contributed by atoms with E-state index in [2.05, 4.69) is 25.5 Å². The predicted octanol–water partition coefficient (Wildman–Crippen LogP) is 2.83. The number of aryl methyl sites for hydroxylation is 1. The zero-order chi connectivity index (χ0) is 14.9. The van der Waals surface area contributed by atoms with Crippen molar-refractivity contribution in [2.75, 3.05) is 5.32 Å². The number of benzene rings is 1. The fourth-order valence-electron chi connectivity index (χ4n) is 2.17. The van der Waals surface area contributed by atoms with E-state index in [-0.39, 0.29) is 0 Å². The molecule has 22 heavy (non-hydrogen) atoms. The van der Waals surface area contributed by atoms with Crippen LogP contribution in [0.15, 0.2) is 53.2 Å². The summed E-state index contributed by atoms with van der Waals surface area (Å²) < 4.78 is 6.74. The number of nitrogens with zero attached hydrogens (tertiary/aromatic N) is 5. The van der Waals surface area contributed by atoms with Crippen LogP contribution in [0.3, 0.4) is 0 Å². The molecule has 4 aromatic rings. The van der Waals surface area contributed by atoms with Gasteiger partial charge in [-0.2, -0.15) is 9.50 Å². The Kier molecular flexibility index (Phi) is 2.82. The summed E-state index contributed by atoms with van der Waals surface area (Å²) in [7, 11) is 0. The number of hydrogen-bond acceptors (Lipinski definition) is 6. The van der Waals surface area contributed by atoms with Crippen LogP contribution in [0, 0.1) is 6.92 Å². The van der Waals surface area contributed by atoms with E-state index in [0.717, 1.165) is 11.4 Å². The van der Waals surface area contributed by atoms with Gasteiger partial charge < -0.3 is 9.84 Å². The number of nitrogens with one attached hydrogen (secondary N) is 1. The van der Waals surface area contributed by atoms with Gasteiger partial charge in [-0.05, 0) is 19.1 Å². The van der Waals surface area contributed by atoms with Crippen LogP contribution in [0.1, 0.15) is 5.76 Å². The van der Waals surface area contributed by atoms with Gasteiger partial charge in [-0.15, -0.1) is 5.10 Å². The molecular weight excluding hydrogens is 280 g/mol. The summed E-state index contributed by atoms with van der Waals surface area (Å²) in [5.74, 6) is 1.81. The Balaban J connectivity index is 1.78. The average Bonchev–Trinajstić information content (AvgIpc) is 3.13. The Labute approximate surface area is 125 Å². The van der Waals surface area contributed by atoms with Crippen molar-refractivity contribution in [3.05, 3.63) is 54.4 Å². The Morgan fingerprint density at radius 3 is 2.77 bits per heavy atom. The Bertz CT molecular complexity index is 928. The van der Waals surface area contributed by atoms with Crippen LogP contribution in [-0.2, 0) is 0 Å². The van der Waals surface area contributed by atoms with E-state index in [0.29, 0.717) is 23.1 Å². The van der Waals surface area contributed by atoms with Gasteiger partial charge in [0, 0.05) is 24.0 Å². The first kappa shape index (κ1) is 12.5. The van der Waals surface area contributed by atoms with Crippen LogP contribution < -0.4 is 5.32 Å². The molecule has 0 aliphatic heterocycles. The maximum Gasteiger partial charge on any atom is 0.247 e. The fourth-order valence-corrected chi connectivity index (χ4v) is 2.17. The molecule has 0 amide bonds. The van der Waals surface area contributed by atoms with Crippen molar-refractivity contribution in [2.45, 2.75) is 6.92 Å². The molecule has 0 radical (unpaired) electrons. The molecule has 0 bridgehead atoms. The first-order chi connectivity index (χ1) is 10.8. The molecule has 1 N–H and O–H groups in total. The van der Waals surface area contributed by atoms with Crippen LogP contribution in [0.4, 0.5) is 11.6 Å². The van der Waals surface area contributed by atoms with Gasteiger partial charge in [0.25, 0.3) is 0 Å². The van der Waals surface area contributed by atoms with Crippen molar-refractivity contribution in [1.29, 1.82) is 0 Å². The van der Waals surface area contributed by atoms with Gasteiger partial charge in [0.05, 0.1) is 0 Å². The molecule has 3 heterocycles. The highest BCUT2D eigenvalue weighted by Gasteiger charge is 2.13. The molecule has 7 nitrogen and oxygen atoms in total. The standard InChI is InChI=1S/C15H12N6O/c1-10-9-12(20-22-10)14-16-8-7-13-18-15(19-21(13)14)17-11-5-3-2-4-6-11/h2-9H,1H3,(H,17,19). The Morgan fingerprint density at radius 1 is 1.14 bits per heavy atom. The summed E-state index contributed by atoms with van der Waals surface area (Å²) in [6.07, 6.45) is 1.68. The third-order valence-electron chi connectivity index (χ3n) is 3.14. The zero-order valence-corrected chi connectivity index (χ0v) is 11.8. The minimum atomic E-state index is 0.501. The lowest BCUT2D eigenvalue weighted by Gasteiger charge is -1.99. The topological polar surface area (TPSA) is 81.1 Å². The monoisotopic (exact) mass is 292 g/mol. The number of para-hydroxylation sites is 1. The fraction of sp³-hybridized carbons (Fsp3) is 0.0667. The number of hydrogen-bond donors (Lipinski definition) is 1. The number of fused-ring (bicyclic) bond motifs is 1. The Morgan fingerprint density at radius 2 is 2.00 bits per heavy atom. The quantitative estimate of drug-likeness (QED) is 0.625. The van der Waals surface area contributed by atoms with Gasteiger partial charge in [0.2, 0.25) is 5.95 Å². The maximum atomic E-state index is 5.10. The van der Waals surface area contributed by atoms with Crippen molar-refractivity contribution in [2.24, 2.45) is 0 Å². The molecule has 0 aliphatic carbocycles. The van der Waals surface area contributed by atoms with E-state index in [9.17, 15) is 0 Å². The molecule has 108 valence electrons. The van der Waals surface area contributed by atoms with E-state index in [1.807, 2.05) is 43.3 Å². The second-order valence-corrected chi connectivity index (χ2v) is 4.79. The lowest BCUT2D eigenvalue weighted by atomic mass is 10.3. The first-order valence-corrected chi connectivity index (χ1v) is 6.77. The third-order valence-corrected chi connectivity index (χ3v) is 3.14. The highest BCUT2D eigenvalue weighted by atomic mass is 16.5. The van der Waals surface area contributed by atoms with Crippen LogP contribution >= 0.6 is 0 Å². The molecule has 0 unspecified atom stereocenters. The number of rotatable bonds is 3. The predicted molar refractivity (Wildman–Crippen MR) is 80.7 cm³/mol. The molecule has 0 saturated heterocycles. The van der Waals surface area contributed by atoms with E-state index in [4.69, 9.17) is 4.52 Å². The van der Waals surface area contributed by atoms with Gasteiger partial charge >= 0.3 is 0 Å². The molecule has 4 rings (SSSR count). The second-order valence-electron chi connectivity index (χ2n) is 4.79. The molecule has 1 aromatic carbocycles. The van der Waals surface area contributed by atoms with Crippen molar-refractivity contribution in [1.82, 2.24) is 24.7 Å². The van der Waals surface area contributed by atoms with E-state index >= 15 is 0 Å². The average molecular weight is 292 g/mol. The van der Waals surface area contributed by atoms with Crippen LogP contribution in [0.25, 0.3) is 17.2 Å². The van der Waals surface area contributed by atoms with Crippen molar-refractivity contribution in [3.8, 4) is 11.5 Å². The highest BCUT2D eigenvalue weighted by molar-refractivity contribution is 5.59. The molecule has 0 fully saturated rings. The minimum absolute atomic E-state index is 0.501. The largest absolute Gasteiger partial charge is 0.361 e. The third kappa shape index (κ3) is 2.18. The lowest BCUT2D eigenvalue weighted by Crippen LogP contribution is -1.98. The summed E-state index contributed by atoms with van der Waals surface area (Å²) in [5.41, 5.74) is 2.23. The van der Waals surface area contributed by atoms with Crippen LogP contribution in [-0.4, -0.2) is 24.7 Å². The summed E-state index contributed by atoms with van der Waals surface area (Å²) in [6.45, 7) is 1.83. The van der Waals surface area contributed by atoms with Crippen molar-refractivity contribution in [3.63, 3.8) is 0 Å². The number of anilines is 2. The molecule has 3 aromatic heterocycles. The van der Waals surface area contributed by atoms with E-state index in [1.54, 1.807) is 16.8 Å². The molecular formula is C15H12N6O. The molecule has 0 aliphatic rings. The van der Waals surface area contributed by atoms with Gasteiger partial charge in [0.1, 0.15) is 5.76 Å². The smallest absolute Gasteiger partial charge is 0.247 e. The van der Waals surface area contributed by atoms with Crippen LogP contribution in [0.2, 0.25) is 0 Å². The molecule has 0 atom stereocenters. The normalized spacial score (nSPS) is 11.0. The molecule has 0 spiro atoms. The van der Waals surface area contributed by atoms with Gasteiger partial charge in [-0.3, -0.25) is 0 Å². The van der Waals surface area contributed by atoms with E-state index in [1.165, 1.54) is 0 Å². The SMILES string of the molecule is Cc1cc(-c2nccc3nc(Nc4ccccc4)nn23)no1. The molecule has 7 heteroatoms. The molecule has 0 saturated carbocycles. The van der Waals surface area contributed by atoms with Gasteiger partial charge in [0.15, 0.2) is 17.2 Å². The van der Waals surface area contributed by atoms with Gasteiger partial charge in [-0.25, -0.2) is 4.98 Å². The second kappa shape index (κ2) is 4.96. The summed E-state index contributed by atoms with van der Waals surface area (Å²) in [6, 6.07) is 13.4. The number of aromatic nitrogens is 5. The lowest BCUT2D eigenvalue weighted by molar-refractivity contribution is 0.399. The minimum Gasteiger partial charge on any atom is -0.361 e. The van der Waals surface area contributed by atoms with Crippen molar-refractivity contribution >= 4 is 17.3 Å². The van der Waals surface area contributed by atoms with Crippen molar-refractivity contribution < 1.29 is 4.52 Å². The first-order valence-electron chi connectivity index (χ1n) is 6.77. The summed E-state index contributed by atoms with van der Waals surface area (Å²) in [5, 5.41) is 11.6. The van der Waals surface area contributed by atoms with E-state index < -0.39 is 0 Å².